The summed E-state index contributed by atoms with van der Waals surface area (Å²) in [6.07, 6.45) is 0.0896. The quantitative estimate of drug-likeness (QED) is 0.309. The number of carbonyl (C=O) groups is 2. The third-order valence-corrected chi connectivity index (χ3v) is 6.73. The molecule has 2 aromatic heterocycles. The number of amides is 1. The molecule has 2 aliphatic rings. The maximum absolute atomic E-state index is 12.2. The summed E-state index contributed by atoms with van der Waals surface area (Å²) >= 11 is 0. The lowest BCUT2D eigenvalue weighted by Crippen LogP contribution is -2.42. The first kappa shape index (κ1) is 26.6. The van der Waals surface area contributed by atoms with E-state index >= 15 is 0 Å². The Hall–Kier alpha value is -3.47. The number of rotatable bonds is 6. The zero-order valence-corrected chi connectivity index (χ0v) is 20.8. The van der Waals surface area contributed by atoms with Gasteiger partial charge in [-0.25, -0.2) is 19.7 Å². The second kappa shape index (κ2) is 11.7. The van der Waals surface area contributed by atoms with E-state index in [9.17, 15) is 19.8 Å². The molecule has 1 saturated carbocycles. The van der Waals surface area contributed by atoms with Crippen LogP contribution in [-0.2, 0) is 19.0 Å². The lowest BCUT2D eigenvalue weighted by atomic mass is 9.81. The monoisotopic (exact) mass is 516 g/mol. The van der Waals surface area contributed by atoms with Crippen molar-refractivity contribution in [2.24, 2.45) is 11.8 Å². The number of imidazole rings is 1. The number of methoxy groups -OCH3 is 1. The summed E-state index contributed by atoms with van der Waals surface area (Å²) in [4.78, 5) is 36.2. The SMILES string of the molecule is CCNC(=O)[C@H]1O[C@@H](n2cnc3c(N)nc(C#CCC4CCC(COC(=O)OC)CC4)nc32)C(O)C1O. The fraction of sp³-hybridized carbons (Fsp3) is 0.625. The molecule has 2 fully saturated rings. The van der Waals surface area contributed by atoms with Crippen molar-refractivity contribution >= 4 is 29.0 Å². The minimum absolute atomic E-state index is 0.118. The Morgan fingerprint density at radius 2 is 1.95 bits per heavy atom. The molecule has 1 saturated heterocycles. The number of nitrogens with one attached hydrogen (secondary N) is 1. The molecule has 1 aliphatic carbocycles. The Kier molecular flexibility index (Phi) is 8.42. The fourth-order valence-corrected chi connectivity index (χ4v) is 4.68. The van der Waals surface area contributed by atoms with E-state index < -0.39 is 36.6 Å². The number of hydrogen-bond donors (Lipinski definition) is 4. The summed E-state index contributed by atoms with van der Waals surface area (Å²) in [5, 5.41) is 23.5. The minimum Gasteiger partial charge on any atom is -0.438 e. The second-order valence-corrected chi connectivity index (χ2v) is 9.24. The summed E-state index contributed by atoms with van der Waals surface area (Å²) in [5.41, 5.74) is 6.65. The number of carbonyl (C=O) groups excluding carboxylic acids is 2. The summed E-state index contributed by atoms with van der Waals surface area (Å²) in [6.45, 7) is 2.47. The topological polar surface area (TPSA) is 184 Å². The fourth-order valence-electron chi connectivity index (χ4n) is 4.68. The van der Waals surface area contributed by atoms with Crippen LogP contribution in [0.15, 0.2) is 6.33 Å². The number of likely N-dealkylation sites (N-methyl/N-ethyl adjacent to an activating group) is 1. The molecule has 5 N–H and O–H groups in total. The standard InChI is InChI=1S/C24H32N6O7/c1-3-26-22(33)19-17(31)18(32)23(37-19)30-12-27-16-20(25)28-15(29-21(16)30)6-4-5-13-7-9-14(10-8-13)11-36-24(34)35-2/h12-14,17-19,23,31-32H,3,5,7-11H2,1-2H3,(H,26,33)(H2,25,28,29)/t13?,14?,17?,18?,19-,23+/m0/s1. The van der Waals surface area contributed by atoms with Gasteiger partial charge in [-0.1, -0.05) is 5.92 Å². The van der Waals surface area contributed by atoms with Crippen molar-refractivity contribution in [3.63, 3.8) is 0 Å². The summed E-state index contributed by atoms with van der Waals surface area (Å²) < 4.78 is 16.7. The van der Waals surface area contributed by atoms with Crippen LogP contribution in [0.25, 0.3) is 11.2 Å². The largest absolute Gasteiger partial charge is 0.507 e. The van der Waals surface area contributed by atoms with Crippen molar-refractivity contribution in [3.05, 3.63) is 12.2 Å². The van der Waals surface area contributed by atoms with Crippen molar-refractivity contribution in [3.8, 4) is 11.8 Å². The number of hydrogen-bond acceptors (Lipinski definition) is 11. The Morgan fingerprint density at radius 3 is 2.65 bits per heavy atom. The average Bonchev–Trinajstić information content (AvgIpc) is 3.44. The van der Waals surface area contributed by atoms with Gasteiger partial charge in [0, 0.05) is 13.0 Å². The minimum atomic E-state index is -1.42. The van der Waals surface area contributed by atoms with E-state index in [1.54, 1.807) is 6.92 Å². The molecular weight excluding hydrogens is 484 g/mol. The van der Waals surface area contributed by atoms with Crippen LogP contribution < -0.4 is 11.1 Å². The Balaban J connectivity index is 1.42. The number of ether oxygens (including phenoxy) is 3. The van der Waals surface area contributed by atoms with Crippen LogP contribution in [-0.4, -0.2) is 80.4 Å². The molecular formula is C24H32N6O7. The molecule has 2 unspecified atom stereocenters. The third-order valence-electron chi connectivity index (χ3n) is 6.73. The number of nitrogen functional groups attached to an aromatic ring is 1. The molecule has 0 spiro atoms. The molecule has 13 heteroatoms. The van der Waals surface area contributed by atoms with Crippen LogP contribution in [0, 0.1) is 23.7 Å². The molecule has 1 aliphatic heterocycles. The first-order valence-corrected chi connectivity index (χ1v) is 12.3. The van der Waals surface area contributed by atoms with Gasteiger partial charge in [-0.15, -0.1) is 0 Å². The molecule has 37 heavy (non-hydrogen) atoms. The molecule has 2 aromatic rings. The van der Waals surface area contributed by atoms with Crippen LogP contribution in [0.3, 0.4) is 0 Å². The van der Waals surface area contributed by atoms with E-state index in [-0.39, 0.29) is 17.3 Å². The van der Waals surface area contributed by atoms with E-state index in [0.717, 1.165) is 25.7 Å². The number of aliphatic hydroxyl groups excluding tert-OH is 2. The molecule has 4 rings (SSSR count). The van der Waals surface area contributed by atoms with Gasteiger partial charge in [0.2, 0.25) is 5.82 Å². The normalized spacial score (nSPS) is 27.4. The van der Waals surface area contributed by atoms with Crippen molar-refractivity contribution in [2.75, 3.05) is 26.0 Å². The molecule has 200 valence electrons. The molecule has 0 bridgehead atoms. The van der Waals surface area contributed by atoms with Crippen molar-refractivity contribution in [2.45, 2.75) is 63.6 Å². The molecule has 3 heterocycles. The number of nitrogens with zero attached hydrogens (tertiary/aromatic N) is 4. The number of nitrogens with two attached hydrogens (primary N) is 1. The van der Waals surface area contributed by atoms with Gasteiger partial charge in [0.25, 0.3) is 5.91 Å². The third kappa shape index (κ3) is 5.93. The van der Waals surface area contributed by atoms with Crippen molar-refractivity contribution < 1.29 is 34.0 Å². The number of aromatic nitrogens is 4. The van der Waals surface area contributed by atoms with Crippen LogP contribution in [0.5, 0.6) is 0 Å². The van der Waals surface area contributed by atoms with Crippen LogP contribution >= 0.6 is 0 Å². The maximum Gasteiger partial charge on any atom is 0.507 e. The van der Waals surface area contributed by atoms with E-state index in [1.165, 1.54) is 18.0 Å². The Morgan fingerprint density at radius 1 is 1.22 bits per heavy atom. The predicted molar refractivity (Wildman–Crippen MR) is 130 cm³/mol. The first-order chi connectivity index (χ1) is 17.8. The molecule has 13 nitrogen and oxygen atoms in total. The van der Waals surface area contributed by atoms with Gasteiger partial charge < -0.3 is 35.5 Å². The second-order valence-electron chi connectivity index (χ2n) is 9.24. The smallest absolute Gasteiger partial charge is 0.438 e. The first-order valence-electron chi connectivity index (χ1n) is 12.3. The lowest BCUT2D eigenvalue weighted by molar-refractivity contribution is -0.137. The highest BCUT2D eigenvalue weighted by Crippen LogP contribution is 2.33. The van der Waals surface area contributed by atoms with Gasteiger partial charge in [-0.05, 0) is 50.4 Å². The van der Waals surface area contributed by atoms with E-state index in [1.807, 2.05) is 0 Å². The molecule has 4 atom stereocenters. The highest BCUT2D eigenvalue weighted by Gasteiger charge is 2.47. The average molecular weight is 517 g/mol. The zero-order valence-electron chi connectivity index (χ0n) is 20.8. The van der Waals surface area contributed by atoms with Gasteiger partial charge in [-0.2, -0.15) is 0 Å². The maximum atomic E-state index is 12.2. The molecule has 0 radical (unpaired) electrons. The van der Waals surface area contributed by atoms with Gasteiger partial charge in [-0.3, -0.25) is 9.36 Å². The Bertz CT molecular complexity index is 1180. The number of aliphatic hydroxyl groups is 2. The van der Waals surface area contributed by atoms with Crippen LogP contribution in [0.1, 0.15) is 51.1 Å². The van der Waals surface area contributed by atoms with Gasteiger partial charge >= 0.3 is 6.16 Å². The highest BCUT2D eigenvalue weighted by atomic mass is 16.7. The summed E-state index contributed by atoms with van der Waals surface area (Å²) in [6, 6.07) is 0. The van der Waals surface area contributed by atoms with Crippen molar-refractivity contribution in [1.29, 1.82) is 0 Å². The lowest BCUT2D eigenvalue weighted by Gasteiger charge is -2.26. The molecule has 0 aromatic carbocycles. The molecule has 1 amide bonds. The van der Waals surface area contributed by atoms with Crippen LogP contribution in [0.4, 0.5) is 10.6 Å². The van der Waals surface area contributed by atoms with Gasteiger partial charge in [0.1, 0.15) is 17.7 Å². The predicted octanol–water partition coefficient (Wildman–Crippen LogP) is 0.495. The zero-order chi connectivity index (χ0) is 26.5. The highest BCUT2D eigenvalue weighted by molar-refractivity contribution is 5.83. The Labute approximate surface area is 213 Å². The van der Waals surface area contributed by atoms with E-state index in [4.69, 9.17) is 15.2 Å². The summed E-state index contributed by atoms with van der Waals surface area (Å²) in [5.74, 6) is 6.63. The summed E-state index contributed by atoms with van der Waals surface area (Å²) in [7, 11) is 1.29. The van der Waals surface area contributed by atoms with E-state index in [0.29, 0.717) is 36.9 Å². The van der Waals surface area contributed by atoms with Crippen LogP contribution in [0.2, 0.25) is 0 Å². The van der Waals surface area contributed by atoms with Gasteiger partial charge in [0.15, 0.2) is 23.8 Å². The number of fused-ring (bicyclic) bond motifs is 1. The van der Waals surface area contributed by atoms with Crippen molar-refractivity contribution in [1.82, 2.24) is 24.8 Å². The van der Waals surface area contributed by atoms with E-state index in [2.05, 4.69) is 36.8 Å². The van der Waals surface area contributed by atoms with Gasteiger partial charge in [0.05, 0.1) is 20.0 Å². The number of anilines is 1.